The SMILES string of the molecule is CNCC12CC(c3ccc(C)cc3)(C1)C2. The van der Waals surface area contributed by atoms with Gasteiger partial charge in [0.15, 0.2) is 0 Å². The van der Waals surface area contributed by atoms with E-state index in [9.17, 15) is 0 Å². The molecular formula is C14H19N. The van der Waals surface area contributed by atoms with Gasteiger partial charge in [-0.1, -0.05) is 29.8 Å². The van der Waals surface area contributed by atoms with Crippen molar-refractivity contribution in [3.8, 4) is 0 Å². The average molecular weight is 201 g/mol. The van der Waals surface area contributed by atoms with Crippen molar-refractivity contribution < 1.29 is 0 Å². The normalized spacial score (nSPS) is 36.9. The first-order chi connectivity index (χ1) is 7.18. The minimum Gasteiger partial charge on any atom is -0.319 e. The van der Waals surface area contributed by atoms with Crippen molar-refractivity contribution in [2.24, 2.45) is 5.41 Å². The number of benzene rings is 1. The third-order valence-corrected chi connectivity index (χ3v) is 4.36. The number of aryl methyl sites for hydroxylation is 1. The fraction of sp³-hybridized carbons (Fsp3) is 0.571. The van der Waals surface area contributed by atoms with Gasteiger partial charge in [-0.15, -0.1) is 0 Å². The van der Waals surface area contributed by atoms with Crippen LogP contribution in [0.15, 0.2) is 24.3 Å². The van der Waals surface area contributed by atoms with E-state index in [4.69, 9.17) is 0 Å². The minimum atomic E-state index is 0.574. The lowest BCUT2D eigenvalue weighted by Gasteiger charge is -2.71. The Hall–Kier alpha value is -0.820. The second-order valence-corrected chi connectivity index (χ2v) is 5.71. The molecule has 4 rings (SSSR count). The van der Waals surface area contributed by atoms with Crippen molar-refractivity contribution in [1.29, 1.82) is 0 Å². The van der Waals surface area contributed by atoms with Gasteiger partial charge in [0.1, 0.15) is 0 Å². The van der Waals surface area contributed by atoms with E-state index in [2.05, 4.69) is 43.6 Å². The molecule has 0 saturated heterocycles. The molecule has 0 unspecified atom stereocenters. The highest BCUT2D eigenvalue weighted by Crippen LogP contribution is 2.73. The topological polar surface area (TPSA) is 12.0 Å². The first kappa shape index (κ1) is 9.41. The molecule has 1 heteroatoms. The molecule has 15 heavy (non-hydrogen) atoms. The molecule has 2 bridgehead atoms. The molecule has 1 aromatic carbocycles. The molecule has 3 saturated carbocycles. The average Bonchev–Trinajstić information content (AvgIpc) is 2.11. The number of hydrogen-bond donors (Lipinski definition) is 1. The smallest absolute Gasteiger partial charge is 0.000577 e. The van der Waals surface area contributed by atoms with E-state index in [1.54, 1.807) is 5.56 Å². The van der Waals surface area contributed by atoms with Crippen LogP contribution in [0.3, 0.4) is 0 Å². The van der Waals surface area contributed by atoms with Gasteiger partial charge in [-0.2, -0.15) is 0 Å². The molecule has 3 aliphatic carbocycles. The second-order valence-electron chi connectivity index (χ2n) is 5.71. The third-order valence-electron chi connectivity index (χ3n) is 4.36. The zero-order valence-corrected chi connectivity index (χ0v) is 9.64. The van der Waals surface area contributed by atoms with Gasteiger partial charge in [0.2, 0.25) is 0 Å². The fourth-order valence-corrected chi connectivity index (χ4v) is 3.77. The molecule has 1 N–H and O–H groups in total. The predicted molar refractivity (Wildman–Crippen MR) is 63.1 cm³/mol. The molecule has 1 nitrogen and oxygen atoms in total. The minimum absolute atomic E-state index is 0.574. The largest absolute Gasteiger partial charge is 0.319 e. The van der Waals surface area contributed by atoms with Gasteiger partial charge in [0, 0.05) is 6.54 Å². The van der Waals surface area contributed by atoms with Crippen molar-refractivity contribution >= 4 is 0 Å². The highest BCUT2D eigenvalue weighted by Gasteiger charge is 2.67. The summed E-state index contributed by atoms with van der Waals surface area (Å²) in [5.74, 6) is 0. The maximum absolute atomic E-state index is 3.33. The van der Waals surface area contributed by atoms with E-state index in [1.165, 1.54) is 31.4 Å². The molecule has 0 radical (unpaired) electrons. The molecule has 0 aromatic heterocycles. The third kappa shape index (κ3) is 1.19. The molecule has 3 fully saturated rings. The molecule has 1 aromatic rings. The van der Waals surface area contributed by atoms with E-state index in [0.717, 1.165) is 0 Å². The first-order valence-electron chi connectivity index (χ1n) is 5.90. The van der Waals surface area contributed by atoms with Crippen molar-refractivity contribution in [3.05, 3.63) is 35.4 Å². The van der Waals surface area contributed by atoms with E-state index >= 15 is 0 Å². The highest BCUT2D eigenvalue weighted by atomic mass is 14.9. The summed E-state index contributed by atoms with van der Waals surface area (Å²) < 4.78 is 0. The van der Waals surface area contributed by atoms with E-state index in [-0.39, 0.29) is 0 Å². The summed E-state index contributed by atoms with van der Waals surface area (Å²) in [5.41, 5.74) is 4.19. The Labute approximate surface area is 91.9 Å². The molecular weight excluding hydrogens is 182 g/mol. The van der Waals surface area contributed by atoms with Crippen LogP contribution < -0.4 is 5.32 Å². The Morgan fingerprint density at radius 1 is 1.13 bits per heavy atom. The van der Waals surface area contributed by atoms with E-state index in [1.807, 2.05) is 0 Å². The van der Waals surface area contributed by atoms with E-state index < -0.39 is 0 Å². The monoisotopic (exact) mass is 201 g/mol. The van der Waals surface area contributed by atoms with E-state index in [0.29, 0.717) is 10.8 Å². The number of hydrogen-bond acceptors (Lipinski definition) is 1. The summed E-state index contributed by atoms with van der Waals surface area (Å²) in [7, 11) is 2.07. The van der Waals surface area contributed by atoms with Crippen LogP contribution in [-0.4, -0.2) is 13.6 Å². The van der Waals surface area contributed by atoms with Crippen LogP contribution in [-0.2, 0) is 5.41 Å². The van der Waals surface area contributed by atoms with Crippen LogP contribution in [0, 0.1) is 12.3 Å². The lowest BCUT2D eigenvalue weighted by atomic mass is 9.33. The molecule has 0 aliphatic heterocycles. The van der Waals surface area contributed by atoms with Crippen LogP contribution in [0.5, 0.6) is 0 Å². The molecule has 0 spiro atoms. The first-order valence-corrected chi connectivity index (χ1v) is 5.90. The van der Waals surface area contributed by atoms with Crippen LogP contribution in [0.4, 0.5) is 0 Å². The summed E-state index contributed by atoms with van der Waals surface area (Å²) in [4.78, 5) is 0. The standard InChI is InChI=1S/C14H19N/c1-11-3-5-12(6-4-11)14-7-13(8-14,9-14)10-15-2/h3-6,15H,7-10H2,1-2H3. The second kappa shape index (κ2) is 2.85. The van der Waals surface area contributed by atoms with Crippen LogP contribution in [0.2, 0.25) is 0 Å². The maximum atomic E-state index is 3.33. The van der Waals surface area contributed by atoms with Crippen LogP contribution in [0.1, 0.15) is 30.4 Å². The summed E-state index contributed by atoms with van der Waals surface area (Å²) in [6.45, 7) is 3.37. The molecule has 0 atom stereocenters. The van der Waals surface area contributed by atoms with Gasteiger partial charge in [-0.25, -0.2) is 0 Å². The van der Waals surface area contributed by atoms with Gasteiger partial charge in [-0.3, -0.25) is 0 Å². The lowest BCUT2D eigenvalue weighted by Crippen LogP contribution is -2.67. The summed E-state index contributed by atoms with van der Waals surface area (Å²) in [5, 5.41) is 3.33. The Morgan fingerprint density at radius 2 is 1.73 bits per heavy atom. The van der Waals surface area contributed by atoms with Gasteiger partial charge < -0.3 is 5.32 Å². The lowest BCUT2D eigenvalue weighted by molar-refractivity contribution is -0.137. The van der Waals surface area contributed by atoms with Gasteiger partial charge in [0.05, 0.1) is 0 Å². The zero-order chi connectivity index (χ0) is 10.5. The summed E-state index contributed by atoms with van der Waals surface area (Å²) in [6.07, 6.45) is 4.22. The maximum Gasteiger partial charge on any atom is 0.000577 e. The van der Waals surface area contributed by atoms with Gasteiger partial charge in [0.25, 0.3) is 0 Å². The Morgan fingerprint density at radius 3 is 2.27 bits per heavy atom. The predicted octanol–water partition coefficient (Wildman–Crippen LogP) is 2.64. The van der Waals surface area contributed by atoms with Crippen molar-refractivity contribution in [2.75, 3.05) is 13.6 Å². The van der Waals surface area contributed by atoms with Crippen molar-refractivity contribution in [2.45, 2.75) is 31.6 Å². The number of nitrogens with one attached hydrogen (secondary N) is 1. The fourth-order valence-electron chi connectivity index (χ4n) is 3.77. The Bertz CT molecular complexity index is 357. The Kier molecular flexibility index (Phi) is 1.79. The van der Waals surface area contributed by atoms with Gasteiger partial charge >= 0.3 is 0 Å². The van der Waals surface area contributed by atoms with Crippen LogP contribution >= 0.6 is 0 Å². The van der Waals surface area contributed by atoms with Crippen molar-refractivity contribution in [3.63, 3.8) is 0 Å². The Balaban J connectivity index is 1.75. The number of rotatable bonds is 3. The molecule has 0 heterocycles. The van der Waals surface area contributed by atoms with Crippen molar-refractivity contribution in [1.82, 2.24) is 5.32 Å². The molecule has 3 aliphatic rings. The quantitative estimate of drug-likeness (QED) is 0.792. The van der Waals surface area contributed by atoms with Gasteiger partial charge in [-0.05, 0) is 49.6 Å². The summed E-state index contributed by atoms with van der Waals surface area (Å²) >= 11 is 0. The zero-order valence-electron chi connectivity index (χ0n) is 9.64. The summed E-state index contributed by atoms with van der Waals surface area (Å²) in [6, 6.07) is 9.16. The highest BCUT2D eigenvalue weighted by molar-refractivity contribution is 5.39. The molecule has 80 valence electrons. The molecule has 0 amide bonds. The van der Waals surface area contributed by atoms with Crippen LogP contribution in [0.25, 0.3) is 0 Å².